The summed E-state index contributed by atoms with van der Waals surface area (Å²) in [4.78, 5) is 4.70. The van der Waals surface area contributed by atoms with E-state index in [-0.39, 0.29) is 0 Å². The Morgan fingerprint density at radius 3 is 2.52 bits per heavy atom. The van der Waals surface area contributed by atoms with E-state index >= 15 is 0 Å². The van der Waals surface area contributed by atoms with Crippen molar-refractivity contribution in [3.63, 3.8) is 0 Å². The van der Waals surface area contributed by atoms with Crippen LogP contribution in [0, 0.1) is 13.8 Å². The molecule has 0 unspecified atom stereocenters. The molecule has 0 aliphatic rings. The fourth-order valence-corrected chi connectivity index (χ4v) is 2.45. The number of aromatic nitrogens is 2. The standard InChI is InChI=1S/C19H25N3O3/c1-6-7-8-24-18-9-14(2)19(15(3)10-18)25-13-16-11-17(12-20-23-5)22(4)21-16/h6-7,9-12H,8,13H2,1-5H3/b7-6+,20-12+. The van der Waals surface area contributed by atoms with Crippen molar-refractivity contribution in [1.82, 2.24) is 9.78 Å². The number of oxime groups is 1. The molecule has 0 aliphatic carbocycles. The van der Waals surface area contributed by atoms with Crippen molar-refractivity contribution in [3.8, 4) is 11.5 Å². The Morgan fingerprint density at radius 2 is 1.88 bits per heavy atom. The molecule has 1 aromatic heterocycles. The minimum atomic E-state index is 0.384. The molecular weight excluding hydrogens is 318 g/mol. The molecule has 6 heteroatoms. The number of hydrogen-bond acceptors (Lipinski definition) is 5. The second-order valence-corrected chi connectivity index (χ2v) is 5.66. The maximum atomic E-state index is 5.99. The zero-order valence-corrected chi connectivity index (χ0v) is 15.4. The van der Waals surface area contributed by atoms with E-state index in [2.05, 4.69) is 10.3 Å². The highest BCUT2D eigenvalue weighted by Gasteiger charge is 2.10. The molecule has 1 heterocycles. The highest BCUT2D eigenvalue weighted by Crippen LogP contribution is 2.29. The number of rotatable bonds is 8. The van der Waals surface area contributed by atoms with Crippen LogP contribution in [-0.2, 0) is 18.5 Å². The van der Waals surface area contributed by atoms with Gasteiger partial charge in [0.15, 0.2) is 0 Å². The predicted octanol–water partition coefficient (Wildman–Crippen LogP) is 3.55. The quantitative estimate of drug-likeness (QED) is 0.418. The number of benzene rings is 1. The molecule has 25 heavy (non-hydrogen) atoms. The molecule has 2 rings (SSSR count). The lowest BCUT2D eigenvalue weighted by molar-refractivity contribution is 0.215. The van der Waals surface area contributed by atoms with Gasteiger partial charge in [0.05, 0.1) is 11.9 Å². The first-order valence-electron chi connectivity index (χ1n) is 8.12. The van der Waals surface area contributed by atoms with Gasteiger partial charge in [-0.05, 0) is 50.1 Å². The number of nitrogens with zero attached hydrogens (tertiary/aromatic N) is 3. The van der Waals surface area contributed by atoms with E-state index in [1.807, 2.05) is 58.2 Å². The van der Waals surface area contributed by atoms with Crippen molar-refractivity contribution in [2.24, 2.45) is 12.2 Å². The summed E-state index contributed by atoms with van der Waals surface area (Å²) in [5.74, 6) is 1.70. The third kappa shape index (κ3) is 5.11. The molecule has 1 aromatic carbocycles. The van der Waals surface area contributed by atoms with Crippen LogP contribution in [-0.4, -0.2) is 29.7 Å². The monoisotopic (exact) mass is 343 g/mol. The first kappa shape index (κ1) is 18.6. The van der Waals surface area contributed by atoms with Crippen LogP contribution in [0.25, 0.3) is 0 Å². The SMILES string of the molecule is C/C=C/COc1cc(C)c(OCc2cc(/C=N/OC)n(C)n2)c(C)c1. The van der Waals surface area contributed by atoms with E-state index in [1.54, 1.807) is 10.9 Å². The van der Waals surface area contributed by atoms with E-state index in [1.165, 1.54) is 7.11 Å². The molecule has 0 saturated heterocycles. The molecule has 0 aliphatic heterocycles. The van der Waals surface area contributed by atoms with Gasteiger partial charge in [0.25, 0.3) is 0 Å². The summed E-state index contributed by atoms with van der Waals surface area (Å²) in [7, 11) is 3.36. The minimum Gasteiger partial charge on any atom is -0.490 e. The summed E-state index contributed by atoms with van der Waals surface area (Å²) in [5.41, 5.74) is 3.74. The van der Waals surface area contributed by atoms with E-state index in [0.29, 0.717) is 13.2 Å². The Labute approximate surface area is 148 Å². The van der Waals surface area contributed by atoms with E-state index in [0.717, 1.165) is 34.0 Å². The Balaban J connectivity index is 2.06. The van der Waals surface area contributed by atoms with Gasteiger partial charge in [0, 0.05) is 7.05 Å². The van der Waals surface area contributed by atoms with Crippen LogP contribution in [0.1, 0.15) is 29.4 Å². The topological polar surface area (TPSA) is 57.9 Å². The average molecular weight is 343 g/mol. The van der Waals surface area contributed by atoms with Gasteiger partial charge in [-0.15, -0.1) is 0 Å². The van der Waals surface area contributed by atoms with Crippen LogP contribution >= 0.6 is 0 Å². The van der Waals surface area contributed by atoms with Crippen molar-refractivity contribution < 1.29 is 14.3 Å². The van der Waals surface area contributed by atoms with Crippen LogP contribution in [0.3, 0.4) is 0 Å². The van der Waals surface area contributed by atoms with Gasteiger partial charge in [-0.1, -0.05) is 17.3 Å². The highest BCUT2D eigenvalue weighted by molar-refractivity contribution is 5.76. The number of hydrogen-bond donors (Lipinski definition) is 0. The first-order chi connectivity index (χ1) is 12.0. The summed E-state index contributed by atoms with van der Waals surface area (Å²) in [6.07, 6.45) is 5.56. The van der Waals surface area contributed by atoms with Crippen molar-refractivity contribution >= 4 is 6.21 Å². The zero-order valence-electron chi connectivity index (χ0n) is 15.4. The molecule has 0 spiro atoms. The lowest BCUT2D eigenvalue weighted by Crippen LogP contribution is -2.02. The number of ether oxygens (including phenoxy) is 2. The Morgan fingerprint density at radius 1 is 1.16 bits per heavy atom. The van der Waals surface area contributed by atoms with Gasteiger partial charge in [-0.3, -0.25) is 4.68 Å². The molecule has 0 saturated carbocycles. The summed E-state index contributed by atoms with van der Waals surface area (Å²) >= 11 is 0. The summed E-state index contributed by atoms with van der Waals surface area (Å²) in [6, 6.07) is 5.89. The highest BCUT2D eigenvalue weighted by atomic mass is 16.6. The molecule has 0 N–H and O–H groups in total. The third-order valence-corrected chi connectivity index (χ3v) is 3.64. The number of aryl methyl sites for hydroxylation is 3. The van der Waals surface area contributed by atoms with Gasteiger partial charge < -0.3 is 14.3 Å². The molecule has 0 fully saturated rings. The second kappa shape index (κ2) is 8.92. The van der Waals surface area contributed by atoms with Crippen LogP contribution in [0.4, 0.5) is 0 Å². The smallest absolute Gasteiger partial charge is 0.132 e. The van der Waals surface area contributed by atoms with Gasteiger partial charge in [-0.2, -0.15) is 5.10 Å². The van der Waals surface area contributed by atoms with Gasteiger partial charge in [0.1, 0.15) is 37.5 Å². The van der Waals surface area contributed by atoms with E-state index < -0.39 is 0 Å². The lowest BCUT2D eigenvalue weighted by atomic mass is 10.1. The molecule has 0 bridgehead atoms. The average Bonchev–Trinajstić information content (AvgIpc) is 2.92. The molecule has 0 atom stereocenters. The Hall–Kier alpha value is -2.76. The number of allylic oxidation sites excluding steroid dienone is 1. The van der Waals surface area contributed by atoms with Crippen LogP contribution in [0.15, 0.2) is 35.5 Å². The summed E-state index contributed by atoms with van der Waals surface area (Å²) in [5, 5.41) is 8.18. The van der Waals surface area contributed by atoms with Crippen molar-refractivity contribution in [1.29, 1.82) is 0 Å². The largest absolute Gasteiger partial charge is 0.490 e. The van der Waals surface area contributed by atoms with E-state index in [9.17, 15) is 0 Å². The molecule has 0 amide bonds. The lowest BCUT2D eigenvalue weighted by Gasteiger charge is -2.13. The molecular formula is C19H25N3O3. The zero-order chi connectivity index (χ0) is 18.2. The maximum absolute atomic E-state index is 5.99. The fourth-order valence-electron chi connectivity index (χ4n) is 2.45. The van der Waals surface area contributed by atoms with Crippen molar-refractivity contribution in [3.05, 3.63) is 52.9 Å². The van der Waals surface area contributed by atoms with Gasteiger partial charge >= 0.3 is 0 Å². The Kier molecular flexibility index (Phi) is 6.62. The van der Waals surface area contributed by atoms with E-state index in [4.69, 9.17) is 14.3 Å². The molecule has 0 radical (unpaired) electrons. The first-order valence-corrected chi connectivity index (χ1v) is 8.12. The van der Waals surface area contributed by atoms with Gasteiger partial charge in [0.2, 0.25) is 0 Å². The third-order valence-electron chi connectivity index (χ3n) is 3.64. The molecule has 6 nitrogen and oxygen atoms in total. The van der Waals surface area contributed by atoms with Crippen LogP contribution < -0.4 is 9.47 Å². The van der Waals surface area contributed by atoms with Crippen LogP contribution in [0.2, 0.25) is 0 Å². The summed E-state index contributed by atoms with van der Waals surface area (Å²) < 4.78 is 13.4. The Bertz CT molecular complexity index is 740. The summed E-state index contributed by atoms with van der Waals surface area (Å²) in [6.45, 7) is 6.95. The maximum Gasteiger partial charge on any atom is 0.132 e. The fraction of sp³-hybridized carbons (Fsp3) is 0.368. The van der Waals surface area contributed by atoms with Crippen molar-refractivity contribution in [2.75, 3.05) is 13.7 Å². The molecule has 2 aromatic rings. The van der Waals surface area contributed by atoms with Crippen LogP contribution in [0.5, 0.6) is 11.5 Å². The molecule has 134 valence electrons. The minimum absolute atomic E-state index is 0.384. The normalized spacial score (nSPS) is 11.4. The second-order valence-electron chi connectivity index (χ2n) is 5.66. The van der Waals surface area contributed by atoms with Gasteiger partial charge in [-0.25, -0.2) is 0 Å². The van der Waals surface area contributed by atoms with Crippen molar-refractivity contribution in [2.45, 2.75) is 27.4 Å². The predicted molar refractivity (Wildman–Crippen MR) is 98.4 cm³/mol.